The van der Waals surface area contributed by atoms with Crippen LogP contribution in [0.3, 0.4) is 0 Å². The molecule has 0 fully saturated rings. The van der Waals surface area contributed by atoms with Gasteiger partial charge in [0, 0.05) is 11.9 Å². The van der Waals surface area contributed by atoms with Crippen molar-refractivity contribution in [2.75, 3.05) is 18.9 Å². The van der Waals surface area contributed by atoms with Crippen LogP contribution < -0.4 is 0 Å². The number of nitrogens with zero attached hydrogens (tertiary/aromatic N) is 1. The Hall–Kier alpha value is -0.340. The molecule has 0 saturated carbocycles. The zero-order valence-electron chi connectivity index (χ0n) is 11.2. The molecule has 0 amide bonds. The SMILES string of the molecule is Cc1ccc(CN(C)CCC(C)CCBr)cc1. The molecule has 0 aliphatic rings. The number of hydrogen-bond donors (Lipinski definition) is 0. The third kappa shape index (κ3) is 6.23. The lowest BCUT2D eigenvalue weighted by atomic mass is 10.0. The lowest BCUT2D eigenvalue weighted by Crippen LogP contribution is -2.20. The Labute approximate surface area is 114 Å². The minimum atomic E-state index is 0.815. The van der Waals surface area contributed by atoms with Gasteiger partial charge in [-0.25, -0.2) is 0 Å². The van der Waals surface area contributed by atoms with Gasteiger partial charge in [0.15, 0.2) is 0 Å². The van der Waals surface area contributed by atoms with Crippen LogP contribution in [-0.4, -0.2) is 23.8 Å². The van der Waals surface area contributed by atoms with Crippen LogP contribution in [0.5, 0.6) is 0 Å². The van der Waals surface area contributed by atoms with Crippen LogP contribution >= 0.6 is 15.9 Å². The van der Waals surface area contributed by atoms with Gasteiger partial charge in [0.2, 0.25) is 0 Å². The highest BCUT2D eigenvalue weighted by Gasteiger charge is 2.04. The summed E-state index contributed by atoms with van der Waals surface area (Å²) in [5.74, 6) is 0.815. The summed E-state index contributed by atoms with van der Waals surface area (Å²) < 4.78 is 0. The summed E-state index contributed by atoms with van der Waals surface area (Å²) in [6.45, 7) is 6.71. The third-order valence-corrected chi connectivity index (χ3v) is 3.64. The van der Waals surface area contributed by atoms with E-state index >= 15 is 0 Å². The molecule has 0 aliphatic carbocycles. The highest BCUT2D eigenvalue weighted by Crippen LogP contribution is 2.11. The first kappa shape index (κ1) is 14.7. The number of alkyl halides is 1. The highest BCUT2D eigenvalue weighted by atomic mass is 79.9. The van der Waals surface area contributed by atoms with Gasteiger partial charge in [-0.3, -0.25) is 0 Å². The molecule has 0 heterocycles. The van der Waals surface area contributed by atoms with E-state index in [0.29, 0.717) is 0 Å². The summed E-state index contributed by atoms with van der Waals surface area (Å²) in [6.07, 6.45) is 2.56. The number of benzene rings is 1. The van der Waals surface area contributed by atoms with Crippen molar-refractivity contribution in [2.24, 2.45) is 5.92 Å². The lowest BCUT2D eigenvalue weighted by molar-refractivity contribution is 0.297. The Morgan fingerprint density at radius 1 is 1.18 bits per heavy atom. The average molecular weight is 298 g/mol. The molecule has 1 aromatic carbocycles. The molecule has 0 radical (unpaired) electrons. The Morgan fingerprint density at radius 3 is 2.41 bits per heavy atom. The van der Waals surface area contributed by atoms with E-state index in [9.17, 15) is 0 Å². The van der Waals surface area contributed by atoms with E-state index in [2.05, 4.69) is 66.0 Å². The smallest absolute Gasteiger partial charge is 0.0230 e. The van der Waals surface area contributed by atoms with Crippen LogP contribution in [0.25, 0.3) is 0 Å². The minimum absolute atomic E-state index is 0.815. The van der Waals surface area contributed by atoms with Gasteiger partial charge < -0.3 is 4.90 Å². The quantitative estimate of drug-likeness (QED) is 0.681. The lowest BCUT2D eigenvalue weighted by Gasteiger charge is -2.19. The fourth-order valence-electron chi connectivity index (χ4n) is 1.86. The first-order valence-corrected chi connectivity index (χ1v) is 7.54. The maximum atomic E-state index is 3.50. The third-order valence-electron chi connectivity index (χ3n) is 3.18. The molecule has 1 atom stereocenters. The fourth-order valence-corrected chi connectivity index (χ4v) is 2.64. The Kier molecular flexibility index (Phi) is 6.83. The van der Waals surface area contributed by atoms with Crippen molar-refractivity contribution in [3.05, 3.63) is 35.4 Å². The summed E-state index contributed by atoms with van der Waals surface area (Å²) >= 11 is 3.50. The van der Waals surface area contributed by atoms with Gasteiger partial charge in [0.1, 0.15) is 0 Å². The summed E-state index contributed by atoms with van der Waals surface area (Å²) in [6, 6.07) is 8.84. The van der Waals surface area contributed by atoms with Crippen molar-refractivity contribution in [2.45, 2.75) is 33.2 Å². The second-order valence-electron chi connectivity index (χ2n) is 5.09. The molecule has 17 heavy (non-hydrogen) atoms. The van der Waals surface area contributed by atoms with Crippen LogP contribution in [0.4, 0.5) is 0 Å². The fraction of sp³-hybridized carbons (Fsp3) is 0.600. The van der Waals surface area contributed by atoms with Gasteiger partial charge in [-0.1, -0.05) is 52.7 Å². The second kappa shape index (κ2) is 7.88. The summed E-state index contributed by atoms with van der Waals surface area (Å²) in [5, 5.41) is 1.12. The molecular formula is C15H24BrN. The van der Waals surface area contributed by atoms with Crippen molar-refractivity contribution >= 4 is 15.9 Å². The molecule has 0 saturated heterocycles. The molecule has 0 bridgehead atoms. The predicted octanol–water partition coefficient (Wildman–Crippen LogP) is 4.24. The molecule has 1 unspecified atom stereocenters. The van der Waals surface area contributed by atoms with Crippen LogP contribution in [0.2, 0.25) is 0 Å². The standard InChI is InChI=1S/C15H24BrN/c1-13-4-6-15(7-5-13)12-17(3)11-9-14(2)8-10-16/h4-7,14H,8-12H2,1-3H3. The first-order chi connectivity index (χ1) is 8.11. The Bertz CT molecular complexity index is 307. The number of rotatable bonds is 7. The monoisotopic (exact) mass is 297 g/mol. The maximum absolute atomic E-state index is 3.50. The van der Waals surface area contributed by atoms with Crippen LogP contribution in [0.15, 0.2) is 24.3 Å². The molecule has 0 aliphatic heterocycles. The van der Waals surface area contributed by atoms with Crippen molar-refractivity contribution in [3.63, 3.8) is 0 Å². The molecule has 2 heteroatoms. The molecule has 1 rings (SSSR count). The van der Waals surface area contributed by atoms with Crippen molar-refractivity contribution < 1.29 is 0 Å². The van der Waals surface area contributed by atoms with Gasteiger partial charge in [0.05, 0.1) is 0 Å². The molecule has 1 nitrogen and oxygen atoms in total. The van der Waals surface area contributed by atoms with Gasteiger partial charge in [0.25, 0.3) is 0 Å². The van der Waals surface area contributed by atoms with E-state index in [-0.39, 0.29) is 0 Å². The van der Waals surface area contributed by atoms with Crippen LogP contribution in [0, 0.1) is 12.8 Å². The zero-order valence-corrected chi connectivity index (χ0v) is 12.8. The van der Waals surface area contributed by atoms with E-state index in [4.69, 9.17) is 0 Å². The Morgan fingerprint density at radius 2 is 1.82 bits per heavy atom. The summed E-state index contributed by atoms with van der Waals surface area (Å²) in [4.78, 5) is 2.41. The van der Waals surface area contributed by atoms with E-state index in [1.54, 1.807) is 0 Å². The van der Waals surface area contributed by atoms with E-state index in [0.717, 1.165) is 17.8 Å². The number of hydrogen-bond acceptors (Lipinski definition) is 1. The first-order valence-electron chi connectivity index (χ1n) is 6.42. The van der Waals surface area contributed by atoms with E-state index in [1.807, 2.05) is 0 Å². The predicted molar refractivity (Wildman–Crippen MR) is 79.7 cm³/mol. The Balaban J connectivity index is 2.29. The zero-order chi connectivity index (χ0) is 12.7. The van der Waals surface area contributed by atoms with Crippen LogP contribution in [0.1, 0.15) is 30.9 Å². The summed E-state index contributed by atoms with van der Waals surface area (Å²) in [5.41, 5.74) is 2.74. The normalized spacial score (nSPS) is 13.0. The van der Waals surface area contributed by atoms with E-state index < -0.39 is 0 Å². The molecular weight excluding hydrogens is 274 g/mol. The van der Waals surface area contributed by atoms with Gasteiger partial charge in [-0.2, -0.15) is 0 Å². The van der Waals surface area contributed by atoms with Crippen LogP contribution in [-0.2, 0) is 6.54 Å². The van der Waals surface area contributed by atoms with Gasteiger partial charge in [-0.15, -0.1) is 0 Å². The average Bonchev–Trinajstić information content (AvgIpc) is 2.30. The van der Waals surface area contributed by atoms with Gasteiger partial charge in [-0.05, 0) is 44.8 Å². The van der Waals surface area contributed by atoms with Crippen molar-refractivity contribution in [1.29, 1.82) is 0 Å². The molecule has 0 spiro atoms. The van der Waals surface area contributed by atoms with Gasteiger partial charge >= 0.3 is 0 Å². The minimum Gasteiger partial charge on any atom is -0.302 e. The number of aryl methyl sites for hydroxylation is 1. The molecule has 96 valence electrons. The van der Waals surface area contributed by atoms with E-state index in [1.165, 1.54) is 30.5 Å². The van der Waals surface area contributed by atoms with Crippen molar-refractivity contribution in [3.8, 4) is 0 Å². The topological polar surface area (TPSA) is 3.24 Å². The summed E-state index contributed by atoms with van der Waals surface area (Å²) in [7, 11) is 2.21. The second-order valence-corrected chi connectivity index (χ2v) is 5.89. The molecule has 1 aromatic rings. The molecule has 0 N–H and O–H groups in total. The highest BCUT2D eigenvalue weighted by molar-refractivity contribution is 9.09. The van der Waals surface area contributed by atoms with Crippen molar-refractivity contribution in [1.82, 2.24) is 4.90 Å². The maximum Gasteiger partial charge on any atom is 0.0230 e. The largest absolute Gasteiger partial charge is 0.302 e. The molecule has 0 aromatic heterocycles. The number of halogens is 1.